The van der Waals surface area contributed by atoms with Gasteiger partial charge in [0, 0.05) is 18.7 Å². The average molecular weight is 266 g/mol. The Balaban J connectivity index is 3.05. The molecule has 0 bridgehead atoms. The van der Waals surface area contributed by atoms with E-state index in [1.165, 1.54) is 20.0 Å². The first-order chi connectivity index (χ1) is 8.43. The van der Waals surface area contributed by atoms with Crippen molar-refractivity contribution in [1.29, 1.82) is 0 Å². The second-order valence-electron chi connectivity index (χ2n) is 3.34. The van der Waals surface area contributed by atoms with Crippen LogP contribution in [0.15, 0.2) is 11.0 Å². The zero-order chi connectivity index (χ0) is 13.7. The molecule has 1 heterocycles. The number of hydrogen-bond donors (Lipinski definition) is 1. The fourth-order valence-corrected chi connectivity index (χ4v) is 1.58. The summed E-state index contributed by atoms with van der Waals surface area (Å²) in [5.41, 5.74) is -0.642. The van der Waals surface area contributed by atoms with Crippen molar-refractivity contribution in [2.75, 3.05) is 5.75 Å². The number of rotatable bonds is 2. The van der Waals surface area contributed by atoms with Crippen LogP contribution in [-0.2, 0) is 4.79 Å². The van der Waals surface area contributed by atoms with Crippen LogP contribution in [-0.4, -0.2) is 20.8 Å². The number of thioether (sulfide) groups is 1. The molecule has 0 unspecified atom stereocenters. The molecule has 0 aliphatic carbocycles. The molecule has 7 heteroatoms. The molecule has 94 valence electrons. The van der Waals surface area contributed by atoms with Crippen LogP contribution in [0, 0.1) is 28.9 Å². The first-order valence-corrected chi connectivity index (χ1v) is 5.91. The Hall–Kier alpha value is -2.07. The molecule has 0 spiro atoms. The number of aromatic amines is 1. The molecule has 1 aromatic rings. The lowest BCUT2D eigenvalue weighted by molar-refractivity contribution is -0.386. The summed E-state index contributed by atoms with van der Waals surface area (Å²) < 4.78 is 0. The molecule has 0 fully saturated rings. The summed E-state index contributed by atoms with van der Waals surface area (Å²) in [6.07, 6.45) is 1.33. The maximum Gasteiger partial charge on any atom is 0.337 e. The zero-order valence-electron chi connectivity index (χ0n) is 9.77. The Morgan fingerprint density at radius 1 is 1.61 bits per heavy atom. The SMILES string of the molecule is CC(=O)SCC#Cc1c[nH]c(=O)c([N+](=O)[O-])c1C. The second-order valence-corrected chi connectivity index (χ2v) is 4.50. The summed E-state index contributed by atoms with van der Waals surface area (Å²) in [5, 5.41) is 10.7. The van der Waals surface area contributed by atoms with E-state index >= 15 is 0 Å². The Morgan fingerprint density at radius 2 is 2.28 bits per heavy atom. The van der Waals surface area contributed by atoms with E-state index in [9.17, 15) is 19.7 Å². The van der Waals surface area contributed by atoms with E-state index in [0.29, 0.717) is 11.3 Å². The van der Waals surface area contributed by atoms with Gasteiger partial charge in [-0.3, -0.25) is 19.7 Å². The van der Waals surface area contributed by atoms with E-state index < -0.39 is 16.2 Å². The highest BCUT2D eigenvalue weighted by molar-refractivity contribution is 8.13. The van der Waals surface area contributed by atoms with Crippen molar-refractivity contribution < 1.29 is 9.72 Å². The van der Waals surface area contributed by atoms with Gasteiger partial charge in [0.15, 0.2) is 5.12 Å². The van der Waals surface area contributed by atoms with Crippen LogP contribution in [0.25, 0.3) is 0 Å². The van der Waals surface area contributed by atoms with E-state index in [0.717, 1.165) is 11.8 Å². The molecule has 1 aromatic heterocycles. The first kappa shape index (κ1) is 14.0. The van der Waals surface area contributed by atoms with Crippen LogP contribution in [0.4, 0.5) is 5.69 Å². The van der Waals surface area contributed by atoms with Gasteiger partial charge >= 0.3 is 11.2 Å². The maximum atomic E-state index is 11.3. The van der Waals surface area contributed by atoms with Crippen molar-refractivity contribution in [2.45, 2.75) is 13.8 Å². The molecule has 0 aliphatic heterocycles. The molecular formula is C11H10N2O4S. The molecule has 0 saturated heterocycles. The number of nitrogens with zero attached hydrogens (tertiary/aromatic N) is 1. The Labute approximate surface area is 107 Å². The molecule has 0 atom stereocenters. The van der Waals surface area contributed by atoms with Crippen molar-refractivity contribution >= 4 is 22.6 Å². The monoisotopic (exact) mass is 266 g/mol. The van der Waals surface area contributed by atoms with Gasteiger partial charge < -0.3 is 4.98 Å². The van der Waals surface area contributed by atoms with Crippen LogP contribution in [0.3, 0.4) is 0 Å². The van der Waals surface area contributed by atoms with Crippen LogP contribution >= 0.6 is 11.8 Å². The molecule has 18 heavy (non-hydrogen) atoms. The third-order valence-corrected chi connectivity index (χ3v) is 2.77. The quantitative estimate of drug-likeness (QED) is 0.493. The highest BCUT2D eigenvalue weighted by atomic mass is 32.2. The average Bonchev–Trinajstić information content (AvgIpc) is 2.26. The number of nitrogens with one attached hydrogen (secondary N) is 1. The summed E-state index contributed by atoms with van der Waals surface area (Å²) in [6, 6.07) is 0. The second kappa shape index (κ2) is 6.02. The predicted molar refractivity (Wildman–Crippen MR) is 68.5 cm³/mol. The van der Waals surface area contributed by atoms with Crippen molar-refractivity contribution in [3.05, 3.63) is 37.8 Å². The van der Waals surface area contributed by atoms with Crippen LogP contribution in [0.2, 0.25) is 0 Å². The van der Waals surface area contributed by atoms with Crippen LogP contribution in [0.1, 0.15) is 18.1 Å². The molecule has 6 nitrogen and oxygen atoms in total. The molecule has 0 aliphatic rings. The van der Waals surface area contributed by atoms with Gasteiger partial charge in [0.2, 0.25) is 0 Å². The van der Waals surface area contributed by atoms with Gasteiger partial charge in [-0.25, -0.2) is 0 Å². The fraction of sp³-hybridized carbons (Fsp3) is 0.273. The van der Waals surface area contributed by atoms with Gasteiger partial charge in [-0.05, 0) is 6.92 Å². The number of pyridine rings is 1. The number of carbonyl (C=O) groups is 1. The molecule has 0 amide bonds. The smallest absolute Gasteiger partial charge is 0.322 e. The lowest BCUT2D eigenvalue weighted by atomic mass is 10.1. The summed E-state index contributed by atoms with van der Waals surface area (Å²) in [6.45, 7) is 2.90. The third-order valence-electron chi connectivity index (χ3n) is 2.08. The first-order valence-electron chi connectivity index (χ1n) is 4.92. The van der Waals surface area contributed by atoms with E-state index in [1.54, 1.807) is 0 Å². The minimum Gasteiger partial charge on any atom is -0.322 e. The largest absolute Gasteiger partial charge is 0.337 e. The zero-order valence-corrected chi connectivity index (χ0v) is 10.6. The van der Waals surface area contributed by atoms with Crippen molar-refractivity contribution in [1.82, 2.24) is 4.98 Å². The highest BCUT2D eigenvalue weighted by Gasteiger charge is 2.18. The van der Waals surface area contributed by atoms with Gasteiger partial charge in [0.05, 0.1) is 16.2 Å². The Morgan fingerprint density at radius 3 is 2.83 bits per heavy atom. The number of H-pyrrole nitrogens is 1. The van der Waals surface area contributed by atoms with E-state index in [-0.39, 0.29) is 10.7 Å². The topological polar surface area (TPSA) is 93.1 Å². The van der Waals surface area contributed by atoms with Crippen molar-refractivity contribution in [3.8, 4) is 11.8 Å². The molecular weight excluding hydrogens is 256 g/mol. The molecule has 0 radical (unpaired) electrons. The lowest BCUT2D eigenvalue weighted by Crippen LogP contribution is -2.13. The Bertz CT molecular complexity index is 610. The van der Waals surface area contributed by atoms with Crippen molar-refractivity contribution in [2.24, 2.45) is 0 Å². The van der Waals surface area contributed by atoms with Crippen LogP contribution < -0.4 is 5.56 Å². The Kier molecular flexibility index (Phi) is 4.68. The molecule has 1 rings (SSSR count). The number of carbonyl (C=O) groups excluding carboxylic acids is 1. The van der Waals surface area contributed by atoms with Crippen molar-refractivity contribution in [3.63, 3.8) is 0 Å². The van der Waals surface area contributed by atoms with Gasteiger partial charge in [-0.15, -0.1) is 0 Å². The van der Waals surface area contributed by atoms with Gasteiger partial charge in [-0.2, -0.15) is 0 Å². The minimum atomic E-state index is -0.749. The van der Waals surface area contributed by atoms with E-state index in [2.05, 4.69) is 16.8 Å². The third kappa shape index (κ3) is 3.46. The molecule has 1 N–H and O–H groups in total. The van der Waals surface area contributed by atoms with E-state index in [1.807, 2.05) is 0 Å². The lowest BCUT2D eigenvalue weighted by Gasteiger charge is -1.98. The summed E-state index contributed by atoms with van der Waals surface area (Å²) in [4.78, 5) is 34.2. The van der Waals surface area contributed by atoms with Gasteiger partial charge in [0.1, 0.15) is 0 Å². The molecule has 0 aromatic carbocycles. The molecule has 0 saturated carbocycles. The van der Waals surface area contributed by atoms with E-state index in [4.69, 9.17) is 0 Å². The van der Waals surface area contributed by atoms with Gasteiger partial charge in [-0.1, -0.05) is 23.6 Å². The maximum absolute atomic E-state index is 11.3. The standard InChI is InChI=1S/C11H10N2O4S/c1-7-9(4-3-5-18-8(2)14)6-12-11(15)10(7)13(16)17/h6H,5H2,1-2H3,(H,12,15). The fourth-order valence-electron chi connectivity index (χ4n) is 1.23. The van der Waals surface area contributed by atoms with Gasteiger partial charge in [0.25, 0.3) is 0 Å². The number of hydrogen-bond acceptors (Lipinski definition) is 5. The summed E-state index contributed by atoms with van der Waals surface area (Å²) in [7, 11) is 0. The number of nitro groups is 1. The van der Waals surface area contributed by atoms with Crippen LogP contribution in [0.5, 0.6) is 0 Å². The minimum absolute atomic E-state index is 0.0477. The predicted octanol–water partition coefficient (Wildman–Crippen LogP) is 1.22. The highest BCUT2D eigenvalue weighted by Crippen LogP contribution is 2.14. The number of aromatic nitrogens is 1. The summed E-state index contributed by atoms with van der Waals surface area (Å²) >= 11 is 1.05. The summed E-state index contributed by atoms with van der Waals surface area (Å²) in [5.74, 6) is 5.71. The normalized spacial score (nSPS) is 9.44.